The van der Waals surface area contributed by atoms with E-state index in [4.69, 9.17) is 16.0 Å². The maximum atomic E-state index is 12.8. The molecular formula is C22H25ClN2O5S. The monoisotopic (exact) mass is 464 g/mol. The summed E-state index contributed by atoms with van der Waals surface area (Å²) in [5.74, 6) is 0.471. The number of aliphatic hydroxyl groups excluding tert-OH is 1. The van der Waals surface area contributed by atoms with Crippen molar-refractivity contribution in [1.82, 2.24) is 4.72 Å². The van der Waals surface area contributed by atoms with Crippen LogP contribution in [0, 0.1) is 0 Å². The molecule has 9 heteroatoms. The van der Waals surface area contributed by atoms with E-state index in [0.29, 0.717) is 29.9 Å². The first kappa shape index (κ1) is 20.8. The Morgan fingerprint density at radius 3 is 2.32 bits per heavy atom. The highest BCUT2D eigenvalue weighted by atomic mass is 35.5. The van der Waals surface area contributed by atoms with Crippen molar-refractivity contribution >= 4 is 33.3 Å². The third kappa shape index (κ3) is 3.64. The minimum Gasteiger partial charge on any atom is -0.447 e. The number of amides is 2. The van der Waals surface area contributed by atoms with Crippen LogP contribution in [-0.4, -0.2) is 19.6 Å². The standard InChI is InChI=1S/C22H25ClN2O5S/c23-20-12-5-3-7-14(12)21(15-8-4-6-13(15)20)24-22(27)25-31(28,29)19-11-16-17(26)9-1-2-10-18(16)30-19/h11,17,26H,1-10H2,(H2,24,25,27). The molecule has 0 aliphatic heterocycles. The van der Waals surface area contributed by atoms with Crippen molar-refractivity contribution in [2.24, 2.45) is 0 Å². The second kappa shape index (κ2) is 7.83. The number of urea groups is 1. The topological polar surface area (TPSA) is 109 Å². The fraction of sp³-hybridized carbons (Fsp3) is 0.500. The van der Waals surface area contributed by atoms with Crippen molar-refractivity contribution in [2.45, 2.75) is 75.4 Å². The summed E-state index contributed by atoms with van der Waals surface area (Å²) < 4.78 is 33.2. The van der Waals surface area contributed by atoms with Crippen molar-refractivity contribution in [1.29, 1.82) is 0 Å². The highest BCUT2D eigenvalue weighted by molar-refractivity contribution is 7.89. The van der Waals surface area contributed by atoms with Gasteiger partial charge in [0, 0.05) is 28.8 Å². The van der Waals surface area contributed by atoms with Gasteiger partial charge in [-0.25, -0.2) is 9.52 Å². The first-order valence-electron chi connectivity index (χ1n) is 10.8. The van der Waals surface area contributed by atoms with Crippen LogP contribution in [-0.2, 0) is 42.1 Å². The SMILES string of the molecule is O=C(Nc1c2c(c(Cl)c3c1CCC3)CCC2)NS(=O)(=O)c1cc2c(o1)CCCCC2O. The molecule has 0 saturated heterocycles. The number of aryl methyl sites for hydroxylation is 1. The summed E-state index contributed by atoms with van der Waals surface area (Å²) in [6.45, 7) is 0. The Balaban J connectivity index is 1.40. The molecule has 0 spiro atoms. The van der Waals surface area contributed by atoms with Crippen molar-refractivity contribution in [3.8, 4) is 0 Å². The van der Waals surface area contributed by atoms with Gasteiger partial charge in [0.2, 0.25) is 5.09 Å². The molecule has 31 heavy (non-hydrogen) atoms. The molecule has 1 heterocycles. The summed E-state index contributed by atoms with van der Waals surface area (Å²) in [7, 11) is -4.21. The lowest BCUT2D eigenvalue weighted by atomic mass is 9.98. The van der Waals surface area contributed by atoms with Gasteiger partial charge in [-0.1, -0.05) is 18.0 Å². The Hall–Kier alpha value is -2.03. The van der Waals surface area contributed by atoms with Crippen LogP contribution in [0.15, 0.2) is 15.6 Å². The maximum Gasteiger partial charge on any atom is 0.333 e. The van der Waals surface area contributed by atoms with Crippen LogP contribution in [0.2, 0.25) is 5.02 Å². The first-order valence-corrected chi connectivity index (χ1v) is 12.7. The lowest BCUT2D eigenvalue weighted by molar-refractivity contribution is 0.166. The van der Waals surface area contributed by atoms with Crippen LogP contribution >= 0.6 is 11.6 Å². The van der Waals surface area contributed by atoms with Crippen LogP contribution in [0.25, 0.3) is 0 Å². The minimum atomic E-state index is -4.21. The maximum absolute atomic E-state index is 12.8. The molecule has 166 valence electrons. The summed E-state index contributed by atoms with van der Waals surface area (Å²) >= 11 is 6.61. The molecule has 0 fully saturated rings. The molecule has 5 rings (SSSR count). The average Bonchev–Trinajstić information content (AvgIpc) is 3.46. The Labute approximate surface area is 186 Å². The van der Waals surface area contributed by atoms with Crippen LogP contribution < -0.4 is 10.0 Å². The van der Waals surface area contributed by atoms with Crippen LogP contribution in [0.3, 0.4) is 0 Å². The molecule has 2 amide bonds. The molecular weight excluding hydrogens is 440 g/mol. The summed E-state index contributed by atoms with van der Waals surface area (Å²) in [4.78, 5) is 12.7. The Kier molecular flexibility index (Phi) is 5.27. The number of sulfonamides is 1. The highest BCUT2D eigenvalue weighted by Crippen LogP contribution is 2.44. The summed E-state index contributed by atoms with van der Waals surface area (Å²) in [5, 5.41) is 13.5. The van der Waals surface area contributed by atoms with Crippen molar-refractivity contribution in [3.05, 3.63) is 44.7 Å². The number of halogens is 1. The summed E-state index contributed by atoms with van der Waals surface area (Å²) in [6, 6.07) is 0.510. The number of aliphatic hydroxyl groups is 1. The molecule has 3 aliphatic carbocycles. The zero-order valence-corrected chi connectivity index (χ0v) is 18.7. The predicted octanol–water partition coefficient (Wildman–Crippen LogP) is 4.18. The van der Waals surface area contributed by atoms with E-state index in [0.717, 1.165) is 78.6 Å². The lowest BCUT2D eigenvalue weighted by Crippen LogP contribution is -2.34. The average molecular weight is 465 g/mol. The molecule has 0 saturated carbocycles. The normalized spacial score (nSPS) is 20.0. The van der Waals surface area contributed by atoms with E-state index in [2.05, 4.69) is 10.0 Å². The largest absolute Gasteiger partial charge is 0.447 e. The van der Waals surface area contributed by atoms with Crippen molar-refractivity contribution < 1.29 is 22.7 Å². The molecule has 1 atom stereocenters. The van der Waals surface area contributed by atoms with E-state index in [1.165, 1.54) is 6.07 Å². The van der Waals surface area contributed by atoms with Gasteiger partial charge >= 0.3 is 6.03 Å². The van der Waals surface area contributed by atoms with E-state index >= 15 is 0 Å². The van der Waals surface area contributed by atoms with Crippen LogP contribution in [0.4, 0.5) is 10.5 Å². The minimum absolute atomic E-state index is 0.347. The number of hydrogen-bond donors (Lipinski definition) is 3. The van der Waals surface area contributed by atoms with Gasteiger partial charge in [-0.05, 0) is 73.6 Å². The number of hydrogen-bond acceptors (Lipinski definition) is 5. The Morgan fingerprint density at radius 2 is 1.65 bits per heavy atom. The molecule has 1 aromatic carbocycles. The molecule has 2 aromatic rings. The molecule has 0 radical (unpaired) electrons. The lowest BCUT2D eigenvalue weighted by Gasteiger charge is -2.18. The number of rotatable bonds is 3. The molecule has 0 bridgehead atoms. The second-order valence-electron chi connectivity index (χ2n) is 8.58. The zero-order chi connectivity index (χ0) is 21.8. The van der Waals surface area contributed by atoms with Crippen LogP contribution in [0.1, 0.15) is 71.8 Å². The van der Waals surface area contributed by atoms with Crippen LogP contribution in [0.5, 0.6) is 0 Å². The predicted molar refractivity (Wildman–Crippen MR) is 116 cm³/mol. The van der Waals surface area contributed by atoms with Gasteiger partial charge < -0.3 is 14.8 Å². The molecule has 3 aliphatic rings. The second-order valence-corrected chi connectivity index (χ2v) is 10.6. The summed E-state index contributed by atoms with van der Waals surface area (Å²) in [6.07, 6.45) is 7.34. The smallest absolute Gasteiger partial charge is 0.333 e. The van der Waals surface area contributed by atoms with E-state index in [1.807, 2.05) is 0 Å². The molecule has 7 nitrogen and oxygen atoms in total. The number of furan rings is 1. The van der Waals surface area contributed by atoms with E-state index in [1.54, 1.807) is 0 Å². The molecule has 1 aromatic heterocycles. The number of nitrogens with one attached hydrogen (secondary N) is 2. The van der Waals surface area contributed by atoms with E-state index in [-0.39, 0.29) is 5.09 Å². The molecule has 3 N–H and O–H groups in total. The number of benzene rings is 1. The number of carbonyl (C=O) groups is 1. The fourth-order valence-electron chi connectivity index (χ4n) is 5.16. The fourth-order valence-corrected chi connectivity index (χ4v) is 6.46. The van der Waals surface area contributed by atoms with Gasteiger partial charge in [-0.3, -0.25) is 0 Å². The Morgan fingerprint density at radius 1 is 1.00 bits per heavy atom. The highest BCUT2D eigenvalue weighted by Gasteiger charge is 2.31. The number of fused-ring (bicyclic) bond motifs is 3. The third-order valence-corrected chi connectivity index (χ3v) is 8.25. The quantitative estimate of drug-likeness (QED) is 0.590. The van der Waals surface area contributed by atoms with E-state index < -0.39 is 22.2 Å². The number of anilines is 1. The van der Waals surface area contributed by atoms with Crippen molar-refractivity contribution in [3.63, 3.8) is 0 Å². The Bertz CT molecular complexity index is 1140. The summed E-state index contributed by atoms with van der Waals surface area (Å²) in [5.41, 5.74) is 5.39. The van der Waals surface area contributed by atoms with Gasteiger partial charge in [-0.2, -0.15) is 8.42 Å². The number of carbonyl (C=O) groups excluding carboxylic acids is 1. The van der Waals surface area contributed by atoms with Crippen molar-refractivity contribution in [2.75, 3.05) is 5.32 Å². The zero-order valence-electron chi connectivity index (χ0n) is 17.1. The van der Waals surface area contributed by atoms with E-state index in [9.17, 15) is 18.3 Å². The first-order chi connectivity index (χ1) is 14.8. The van der Waals surface area contributed by atoms with Gasteiger partial charge in [0.25, 0.3) is 10.0 Å². The molecule has 1 unspecified atom stereocenters. The van der Waals surface area contributed by atoms with Gasteiger partial charge in [0.05, 0.1) is 6.10 Å². The van der Waals surface area contributed by atoms with Gasteiger partial charge in [0.15, 0.2) is 0 Å². The van der Waals surface area contributed by atoms with Gasteiger partial charge in [0.1, 0.15) is 5.76 Å². The van der Waals surface area contributed by atoms with Gasteiger partial charge in [-0.15, -0.1) is 0 Å². The third-order valence-electron chi connectivity index (χ3n) is 6.61.